The summed E-state index contributed by atoms with van der Waals surface area (Å²) in [5.74, 6) is -2.01. The molecule has 0 saturated heterocycles. The molecule has 0 unspecified atom stereocenters. The van der Waals surface area contributed by atoms with E-state index in [1.165, 1.54) is 6.42 Å². The standard InChI is InChI=1S/C14H21F5O2/c1-2-3-4-5-6-7-8-9-10-21-13(20)11(12(15)16)14(17,18)19/h2-10H2,1H3. The number of carbonyl (C=O) groups excluding carboxylic acids is 1. The highest BCUT2D eigenvalue weighted by Gasteiger charge is 2.44. The van der Waals surface area contributed by atoms with Crippen molar-refractivity contribution in [1.82, 2.24) is 0 Å². The maximum atomic E-state index is 12.2. The minimum absolute atomic E-state index is 0.277. The Bertz CT molecular complexity index is 333. The molecule has 124 valence electrons. The monoisotopic (exact) mass is 316 g/mol. The number of halogens is 5. The SMILES string of the molecule is CCCCCCCCCCOC(=O)C(=C(F)F)C(F)(F)F. The predicted octanol–water partition coefficient (Wildman–Crippen LogP) is 5.38. The highest BCUT2D eigenvalue weighted by molar-refractivity contribution is 5.90. The summed E-state index contributed by atoms with van der Waals surface area (Å²) in [6.07, 6.45) is -0.904. The van der Waals surface area contributed by atoms with Crippen molar-refractivity contribution in [2.45, 2.75) is 64.5 Å². The van der Waals surface area contributed by atoms with Gasteiger partial charge in [-0.15, -0.1) is 0 Å². The van der Waals surface area contributed by atoms with E-state index < -0.39 is 23.8 Å². The molecule has 0 atom stereocenters. The van der Waals surface area contributed by atoms with Crippen molar-refractivity contribution < 1.29 is 31.5 Å². The Balaban J connectivity index is 3.83. The lowest BCUT2D eigenvalue weighted by molar-refractivity contribution is -0.152. The van der Waals surface area contributed by atoms with Crippen molar-refractivity contribution in [1.29, 1.82) is 0 Å². The van der Waals surface area contributed by atoms with Crippen LogP contribution in [0.5, 0.6) is 0 Å². The van der Waals surface area contributed by atoms with Gasteiger partial charge < -0.3 is 4.74 Å². The largest absolute Gasteiger partial charge is 0.462 e. The second-order valence-corrected chi connectivity index (χ2v) is 4.74. The van der Waals surface area contributed by atoms with E-state index >= 15 is 0 Å². The minimum Gasteiger partial charge on any atom is -0.462 e. The summed E-state index contributed by atoms with van der Waals surface area (Å²) in [5, 5.41) is 0. The number of esters is 1. The molecule has 0 aliphatic heterocycles. The van der Waals surface area contributed by atoms with Crippen molar-refractivity contribution in [2.75, 3.05) is 6.61 Å². The van der Waals surface area contributed by atoms with Crippen LogP contribution in [0.3, 0.4) is 0 Å². The molecule has 21 heavy (non-hydrogen) atoms. The summed E-state index contributed by atoms with van der Waals surface area (Å²) in [7, 11) is 0. The number of alkyl halides is 3. The van der Waals surface area contributed by atoms with Crippen LogP contribution in [0.4, 0.5) is 22.0 Å². The molecule has 0 amide bonds. The van der Waals surface area contributed by atoms with Crippen molar-refractivity contribution >= 4 is 5.97 Å². The van der Waals surface area contributed by atoms with Crippen LogP contribution in [0, 0.1) is 0 Å². The minimum atomic E-state index is -5.39. The van der Waals surface area contributed by atoms with E-state index in [-0.39, 0.29) is 6.61 Å². The Morgan fingerprint density at radius 3 is 1.81 bits per heavy atom. The first kappa shape index (κ1) is 19.9. The molecule has 2 nitrogen and oxygen atoms in total. The molecule has 0 aromatic rings. The van der Waals surface area contributed by atoms with Crippen LogP contribution in [0.1, 0.15) is 58.3 Å². The molecule has 0 N–H and O–H groups in total. The van der Waals surface area contributed by atoms with Crippen molar-refractivity contribution in [3.05, 3.63) is 11.7 Å². The number of unbranched alkanes of at least 4 members (excludes halogenated alkanes) is 7. The Morgan fingerprint density at radius 2 is 1.38 bits per heavy atom. The van der Waals surface area contributed by atoms with E-state index in [1.807, 2.05) is 0 Å². The first-order valence-corrected chi connectivity index (χ1v) is 7.10. The number of rotatable bonds is 10. The van der Waals surface area contributed by atoms with Gasteiger partial charge in [0.2, 0.25) is 5.57 Å². The third kappa shape index (κ3) is 9.42. The van der Waals surface area contributed by atoms with Gasteiger partial charge in [0.15, 0.2) is 0 Å². The average Bonchev–Trinajstić information content (AvgIpc) is 2.34. The quantitative estimate of drug-likeness (QED) is 0.234. The molecule has 0 rings (SSSR count). The topological polar surface area (TPSA) is 26.3 Å². The molecule has 0 radical (unpaired) electrons. The van der Waals surface area contributed by atoms with Gasteiger partial charge in [-0.1, -0.05) is 51.9 Å². The van der Waals surface area contributed by atoms with Gasteiger partial charge in [-0.2, -0.15) is 22.0 Å². The summed E-state index contributed by atoms with van der Waals surface area (Å²) >= 11 is 0. The molecule has 0 bridgehead atoms. The maximum Gasteiger partial charge on any atom is 0.428 e. The van der Waals surface area contributed by atoms with Gasteiger partial charge in [0, 0.05) is 0 Å². The van der Waals surface area contributed by atoms with E-state index in [0.717, 1.165) is 32.1 Å². The third-order valence-electron chi connectivity index (χ3n) is 2.91. The lowest BCUT2D eigenvalue weighted by atomic mass is 10.1. The van der Waals surface area contributed by atoms with Gasteiger partial charge in [-0.05, 0) is 6.42 Å². The molecular formula is C14H21F5O2. The molecular weight excluding hydrogens is 295 g/mol. The normalized spacial score (nSPS) is 11.3. The summed E-state index contributed by atoms with van der Waals surface area (Å²) < 4.78 is 64.9. The van der Waals surface area contributed by atoms with Crippen molar-refractivity contribution in [2.24, 2.45) is 0 Å². The van der Waals surface area contributed by atoms with Gasteiger partial charge in [-0.25, -0.2) is 4.79 Å². The molecule has 0 aromatic heterocycles. The van der Waals surface area contributed by atoms with Gasteiger partial charge in [-0.3, -0.25) is 0 Å². The van der Waals surface area contributed by atoms with Crippen LogP contribution in [-0.4, -0.2) is 18.8 Å². The van der Waals surface area contributed by atoms with E-state index in [4.69, 9.17) is 0 Å². The number of ether oxygens (including phenoxy) is 1. The Labute approximate surface area is 121 Å². The van der Waals surface area contributed by atoms with Gasteiger partial charge in [0.25, 0.3) is 6.08 Å². The highest BCUT2D eigenvalue weighted by Crippen LogP contribution is 2.30. The maximum absolute atomic E-state index is 12.2. The van der Waals surface area contributed by atoms with E-state index in [0.29, 0.717) is 12.8 Å². The second kappa shape index (κ2) is 10.6. The second-order valence-electron chi connectivity index (χ2n) is 4.74. The van der Waals surface area contributed by atoms with Crippen molar-refractivity contribution in [3.8, 4) is 0 Å². The van der Waals surface area contributed by atoms with Crippen LogP contribution in [0.2, 0.25) is 0 Å². The van der Waals surface area contributed by atoms with E-state index in [1.54, 1.807) is 0 Å². The summed E-state index contributed by atoms with van der Waals surface area (Å²) in [6.45, 7) is 1.83. The van der Waals surface area contributed by atoms with Gasteiger partial charge in [0.1, 0.15) is 0 Å². The highest BCUT2D eigenvalue weighted by atomic mass is 19.4. The summed E-state index contributed by atoms with van der Waals surface area (Å²) in [5.41, 5.74) is -2.51. The van der Waals surface area contributed by atoms with Crippen LogP contribution in [0.15, 0.2) is 11.7 Å². The molecule has 0 aliphatic rings. The lowest BCUT2D eigenvalue weighted by Crippen LogP contribution is -2.23. The average molecular weight is 316 g/mol. The number of hydrogen-bond donors (Lipinski definition) is 0. The van der Waals surface area contributed by atoms with E-state index in [2.05, 4.69) is 11.7 Å². The third-order valence-corrected chi connectivity index (χ3v) is 2.91. The molecule has 0 saturated carbocycles. The van der Waals surface area contributed by atoms with Crippen molar-refractivity contribution in [3.63, 3.8) is 0 Å². The Kier molecular flexibility index (Phi) is 9.99. The van der Waals surface area contributed by atoms with Crippen LogP contribution >= 0.6 is 0 Å². The zero-order chi connectivity index (χ0) is 16.3. The lowest BCUT2D eigenvalue weighted by Gasteiger charge is -2.10. The molecule has 0 aliphatic carbocycles. The first-order chi connectivity index (χ1) is 9.80. The van der Waals surface area contributed by atoms with Crippen LogP contribution < -0.4 is 0 Å². The van der Waals surface area contributed by atoms with Gasteiger partial charge in [0.05, 0.1) is 6.61 Å². The fourth-order valence-electron chi connectivity index (χ4n) is 1.77. The first-order valence-electron chi connectivity index (χ1n) is 7.10. The molecule has 7 heteroatoms. The predicted molar refractivity (Wildman–Crippen MR) is 68.9 cm³/mol. The van der Waals surface area contributed by atoms with E-state index in [9.17, 15) is 26.7 Å². The molecule has 0 heterocycles. The smallest absolute Gasteiger partial charge is 0.428 e. The fourth-order valence-corrected chi connectivity index (χ4v) is 1.77. The molecule has 0 fully saturated rings. The van der Waals surface area contributed by atoms with Crippen LogP contribution in [0.25, 0.3) is 0 Å². The summed E-state index contributed by atoms with van der Waals surface area (Å²) in [4.78, 5) is 11.0. The molecule has 0 spiro atoms. The zero-order valence-corrected chi connectivity index (χ0v) is 12.1. The zero-order valence-electron chi connectivity index (χ0n) is 12.1. The molecule has 0 aromatic carbocycles. The Morgan fingerprint density at radius 1 is 0.905 bits per heavy atom. The number of hydrogen-bond acceptors (Lipinski definition) is 2. The number of carbonyl (C=O) groups is 1. The van der Waals surface area contributed by atoms with Crippen LogP contribution in [-0.2, 0) is 9.53 Å². The summed E-state index contributed by atoms with van der Waals surface area (Å²) in [6, 6.07) is 0. The Hall–Kier alpha value is -1.14. The fraction of sp³-hybridized carbons (Fsp3) is 0.786. The van der Waals surface area contributed by atoms with Gasteiger partial charge >= 0.3 is 12.1 Å².